The van der Waals surface area contributed by atoms with E-state index in [0.29, 0.717) is 23.1 Å². The summed E-state index contributed by atoms with van der Waals surface area (Å²) in [5.41, 5.74) is 4.75. The smallest absolute Gasteiger partial charge is 0.151 e. The molecule has 7 nitrogen and oxygen atoms in total. The van der Waals surface area contributed by atoms with E-state index in [2.05, 4.69) is 25.5 Å². The lowest BCUT2D eigenvalue weighted by Crippen LogP contribution is -2.17. The molecule has 4 rings (SSSR count). The van der Waals surface area contributed by atoms with Gasteiger partial charge in [-0.3, -0.25) is 0 Å². The maximum absolute atomic E-state index is 9.77. The molecule has 0 radical (unpaired) electrons. The van der Waals surface area contributed by atoms with E-state index in [1.165, 1.54) is 25.7 Å². The van der Waals surface area contributed by atoms with Gasteiger partial charge in [0.2, 0.25) is 0 Å². The fraction of sp³-hybridized carbons (Fsp3) is 0.400. The number of pyridine rings is 1. The zero-order chi connectivity index (χ0) is 18.8. The van der Waals surface area contributed by atoms with Crippen LogP contribution in [0.5, 0.6) is 0 Å². The van der Waals surface area contributed by atoms with Crippen molar-refractivity contribution in [1.29, 1.82) is 0 Å². The molecule has 3 aromatic rings. The highest BCUT2D eigenvalue weighted by atomic mass is 16.3. The molecule has 1 fully saturated rings. The average Bonchev–Trinajstić information content (AvgIpc) is 3.34. The lowest BCUT2D eigenvalue weighted by molar-refractivity contribution is 0.276. The van der Waals surface area contributed by atoms with Crippen molar-refractivity contribution in [2.24, 2.45) is 0 Å². The molecule has 27 heavy (non-hydrogen) atoms. The first-order chi connectivity index (χ1) is 13.1. The fourth-order valence-corrected chi connectivity index (χ4v) is 3.56. The van der Waals surface area contributed by atoms with Crippen molar-refractivity contribution in [3.8, 4) is 17.1 Å². The number of imidazole rings is 1. The second-order valence-corrected chi connectivity index (χ2v) is 7.13. The van der Waals surface area contributed by atoms with E-state index >= 15 is 0 Å². The predicted octanol–water partition coefficient (Wildman–Crippen LogP) is 3.19. The molecule has 0 aliphatic heterocycles. The Morgan fingerprint density at radius 1 is 1.15 bits per heavy atom. The van der Waals surface area contributed by atoms with Gasteiger partial charge in [-0.25, -0.2) is 9.97 Å². The van der Waals surface area contributed by atoms with E-state index in [1.54, 1.807) is 6.33 Å². The molecule has 0 atom stereocenters. The van der Waals surface area contributed by atoms with Crippen molar-refractivity contribution in [1.82, 2.24) is 24.7 Å². The van der Waals surface area contributed by atoms with Gasteiger partial charge < -0.3 is 15.0 Å². The summed E-state index contributed by atoms with van der Waals surface area (Å²) in [6.45, 7) is 3.80. The number of nitrogens with one attached hydrogen (secondary N) is 1. The lowest BCUT2D eigenvalue weighted by Gasteiger charge is -2.15. The second kappa shape index (κ2) is 7.44. The van der Waals surface area contributed by atoms with Crippen LogP contribution in [0.2, 0.25) is 0 Å². The number of aliphatic hydroxyl groups is 1. The first-order valence-corrected chi connectivity index (χ1v) is 9.37. The van der Waals surface area contributed by atoms with Crippen LogP contribution in [0.4, 0.5) is 5.82 Å². The molecule has 0 amide bonds. The molecule has 0 spiro atoms. The molecule has 1 aliphatic carbocycles. The number of hydrogen-bond acceptors (Lipinski definition) is 6. The van der Waals surface area contributed by atoms with Crippen molar-refractivity contribution < 1.29 is 5.11 Å². The minimum absolute atomic E-state index is 0.159. The quantitative estimate of drug-likeness (QED) is 0.723. The minimum Gasteiger partial charge on any atom is -0.390 e. The largest absolute Gasteiger partial charge is 0.390 e. The molecule has 0 saturated heterocycles. The van der Waals surface area contributed by atoms with E-state index in [-0.39, 0.29) is 6.61 Å². The lowest BCUT2D eigenvalue weighted by atomic mass is 10.1. The Kier molecular flexibility index (Phi) is 4.85. The Morgan fingerprint density at radius 2 is 1.96 bits per heavy atom. The normalized spacial score (nSPS) is 14.6. The summed E-state index contributed by atoms with van der Waals surface area (Å²) in [6.07, 6.45) is 8.57. The molecular formula is C20H24N6O. The van der Waals surface area contributed by atoms with Crippen molar-refractivity contribution in [3.63, 3.8) is 0 Å². The van der Waals surface area contributed by atoms with Crippen molar-refractivity contribution in [2.75, 3.05) is 5.32 Å². The van der Waals surface area contributed by atoms with Gasteiger partial charge in [-0.05, 0) is 50.5 Å². The summed E-state index contributed by atoms with van der Waals surface area (Å²) in [5.74, 6) is 0.846. The topological polar surface area (TPSA) is 88.8 Å². The number of aromatic nitrogens is 5. The van der Waals surface area contributed by atoms with Crippen LogP contribution in [0.3, 0.4) is 0 Å². The van der Waals surface area contributed by atoms with Gasteiger partial charge in [0.1, 0.15) is 5.69 Å². The highest BCUT2D eigenvalue weighted by Gasteiger charge is 2.17. The van der Waals surface area contributed by atoms with Crippen molar-refractivity contribution in [2.45, 2.75) is 52.2 Å². The van der Waals surface area contributed by atoms with Gasteiger partial charge in [0.15, 0.2) is 5.82 Å². The zero-order valence-corrected chi connectivity index (χ0v) is 15.7. The molecule has 2 N–H and O–H groups in total. The fourth-order valence-electron chi connectivity index (χ4n) is 3.56. The molecule has 3 aromatic heterocycles. The Labute approximate surface area is 158 Å². The molecule has 3 heterocycles. The van der Waals surface area contributed by atoms with Crippen LogP contribution in [0.1, 0.15) is 42.6 Å². The second-order valence-electron chi connectivity index (χ2n) is 7.13. The van der Waals surface area contributed by atoms with Gasteiger partial charge in [0, 0.05) is 12.2 Å². The number of hydrogen-bond donors (Lipinski definition) is 2. The molecule has 1 aliphatic rings. The standard InChI is InChI=1S/C20H24N6O/c1-13-9-17(24-25-20(13)22-15-5-3-4-6-15)16-7-8-19(18(11-27)23-16)26-10-14(2)21-12-26/h7-10,12,15,27H,3-6,11H2,1-2H3,(H,22,25). The highest BCUT2D eigenvalue weighted by Crippen LogP contribution is 2.25. The summed E-state index contributed by atoms with van der Waals surface area (Å²) < 4.78 is 1.86. The maximum atomic E-state index is 9.77. The van der Waals surface area contributed by atoms with Crippen LogP contribution < -0.4 is 5.32 Å². The molecule has 1 saturated carbocycles. The van der Waals surface area contributed by atoms with Crippen LogP contribution in [-0.2, 0) is 6.61 Å². The Morgan fingerprint density at radius 3 is 2.63 bits per heavy atom. The number of anilines is 1. The molecule has 0 unspecified atom stereocenters. The van der Waals surface area contributed by atoms with Crippen LogP contribution in [0, 0.1) is 13.8 Å². The maximum Gasteiger partial charge on any atom is 0.151 e. The van der Waals surface area contributed by atoms with Crippen molar-refractivity contribution >= 4 is 5.82 Å². The van der Waals surface area contributed by atoms with Gasteiger partial charge in [-0.15, -0.1) is 10.2 Å². The highest BCUT2D eigenvalue weighted by molar-refractivity contribution is 5.60. The first-order valence-electron chi connectivity index (χ1n) is 9.37. The Balaban J connectivity index is 1.62. The number of aliphatic hydroxyl groups excluding tert-OH is 1. The monoisotopic (exact) mass is 364 g/mol. The molecule has 140 valence electrons. The summed E-state index contributed by atoms with van der Waals surface area (Å²) in [7, 11) is 0. The van der Waals surface area contributed by atoms with Crippen LogP contribution in [-0.4, -0.2) is 35.9 Å². The number of aryl methyl sites for hydroxylation is 2. The summed E-state index contributed by atoms with van der Waals surface area (Å²) in [6, 6.07) is 6.32. The molecular weight excluding hydrogens is 340 g/mol. The van der Waals surface area contributed by atoms with E-state index in [4.69, 9.17) is 0 Å². The predicted molar refractivity (Wildman–Crippen MR) is 104 cm³/mol. The zero-order valence-electron chi connectivity index (χ0n) is 15.7. The van der Waals surface area contributed by atoms with E-state index in [0.717, 1.165) is 22.8 Å². The first kappa shape index (κ1) is 17.6. The van der Waals surface area contributed by atoms with E-state index in [9.17, 15) is 5.11 Å². The molecule has 7 heteroatoms. The van der Waals surface area contributed by atoms with E-state index < -0.39 is 0 Å². The third-order valence-corrected chi connectivity index (χ3v) is 5.03. The molecule has 0 bridgehead atoms. The van der Waals surface area contributed by atoms with E-state index in [1.807, 2.05) is 42.8 Å². The van der Waals surface area contributed by atoms with Gasteiger partial charge >= 0.3 is 0 Å². The van der Waals surface area contributed by atoms with Crippen LogP contribution in [0.25, 0.3) is 17.1 Å². The van der Waals surface area contributed by atoms with Crippen molar-refractivity contribution in [3.05, 3.63) is 47.7 Å². The number of rotatable bonds is 5. The summed E-state index contributed by atoms with van der Waals surface area (Å²) in [5, 5.41) is 22.0. The number of nitrogens with zero attached hydrogens (tertiary/aromatic N) is 5. The third kappa shape index (κ3) is 3.68. The third-order valence-electron chi connectivity index (χ3n) is 5.03. The van der Waals surface area contributed by atoms with Crippen LogP contribution >= 0.6 is 0 Å². The Bertz CT molecular complexity index is 945. The SMILES string of the molecule is Cc1cn(-c2ccc(-c3cc(C)c(NC4CCCC4)nn3)nc2CO)cn1. The average molecular weight is 364 g/mol. The van der Waals surface area contributed by atoms with Crippen LogP contribution in [0.15, 0.2) is 30.7 Å². The van der Waals surface area contributed by atoms with Gasteiger partial charge in [-0.2, -0.15) is 0 Å². The van der Waals surface area contributed by atoms with Gasteiger partial charge in [-0.1, -0.05) is 12.8 Å². The van der Waals surface area contributed by atoms with Gasteiger partial charge in [0.05, 0.1) is 35.7 Å². The molecule has 0 aromatic carbocycles. The van der Waals surface area contributed by atoms with Gasteiger partial charge in [0.25, 0.3) is 0 Å². The summed E-state index contributed by atoms with van der Waals surface area (Å²) >= 11 is 0. The Hall–Kier alpha value is -2.80. The summed E-state index contributed by atoms with van der Waals surface area (Å²) in [4.78, 5) is 8.84. The minimum atomic E-state index is -0.159.